The Bertz CT molecular complexity index is 442. The second kappa shape index (κ2) is 6.15. The van der Waals surface area contributed by atoms with E-state index in [0.717, 1.165) is 31.8 Å². The molecular formula is C17H25NO2. The molecule has 0 spiro atoms. The maximum absolute atomic E-state index is 6.08. The van der Waals surface area contributed by atoms with Crippen molar-refractivity contribution in [2.45, 2.75) is 44.6 Å². The Labute approximate surface area is 121 Å². The van der Waals surface area contributed by atoms with Crippen molar-refractivity contribution < 1.29 is 9.47 Å². The SMILES string of the molecule is NCC1(CCCC2CCCO2)COc2ccccc2C1. The molecule has 20 heavy (non-hydrogen) atoms. The van der Waals surface area contributed by atoms with E-state index in [9.17, 15) is 0 Å². The average molecular weight is 275 g/mol. The highest BCUT2D eigenvalue weighted by Gasteiger charge is 2.34. The van der Waals surface area contributed by atoms with Crippen LogP contribution in [0.15, 0.2) is 24.3 Å². The van der Waals surface area contributed by atoms with Gasteiger partial charge < -0.3 is 15.2 Å². The minimum absolute atomic E-state index is 0.118. The molecule has 0 bridgehead atoms. The summed E-state index contributed by atoms with van der Waals surface area (Å²) in [4.78, 5) is 0. The van der Waals surface area contributed by atoms with Gasteiger partial charge in [-0.05, 0) is 43.7 Å². The van der Waals surface area contributed by atoms with E-state index in [0.29, 0.717) is 12.6 Å². The third-order valence-corrected chi connectivity index (χ3v) is 4.76. The zero-order chi connectivity index (χ0) is 13.8. The quantitative estimate of drug-likeness (QED) is 0.898. The maximum Gasteiger partial charge on any atom is 0.122 e. The molecule has 3 rings (SSSR count). The van der Waals surface area contributed by atoms with Gasteiger partial charge in [-0.2, -0.15) is 0 Å². The van der Waals surface area contributed by atoms with Gasteiger partial charge in [0.2, 0.25) is 0 Å². The Morgan fingerprint density at radius 1 is 1.30 bits per heavy atom. The van der Waals surface area contributed by atoms with Crippen molar-refractivity contribution in [3.8, 4) is 5.75 Å². The van der Waals surface area contributed by atoms with Gasteiger partial charge >= 0.3 is 0 Å². The van der Waals surface area contributed by atoms with Gasteiger partial charge in [0.15, 0.2) is 0 Å². The zero-order valence-corrected chi connectivity index (χ0v) is 12.1. The van der Waals surface area contributed by atoms with Crippen molar-refractivity contribution in [3.05, 3.63) is 29.8 Å². The molecular weight excluding hydrogens is 250 g/mol. The molecule has 3 nitrogen and oxygen atoms in total. The minimum atomic E-state index is 0.118. The number of para-hydroxylation sites is 1. The first-order chi connectivity index (χ1) is 9.81. The van der Waals surface area contributed by atoms with Gasteiger partial charge in [0.25, 0.3) is 0 Å². The van der Waals surface area contributed by atoms with Gasteiger partial charge in [-0.3, -0.25) is 0 Å². The molecule has 2 aliphatic heterocycles. The molecule has 0 amide bonds. The van der Waals surface area contributed by atoms with Crippen LogP contribution in [0.2, 0.25) is 0 Å². The highest BCUT2D eigenvalue weighted by atomic mass is 16.5. The van der Waals surface area contributed by atoms with E-state index in [2.05, 4.69) is 18.2 Å². The summed E-state index contributed by atoms with van der Waals surface area (Å²) in [5.74, 6) is 1.04. The van der Waals surface area contributed by atoms with Gasteiger partial charge in [-0.25, -0.2) is 0 Å². The Hall–Kier alpha value is -1.06. The van der Waals surface area contributed by atoms with E-state index in [-0.39, 0.29) is 5.41 Å². The summed E-state index contributed by atoms with van der Waals surface area (Å²) in [5.41, 5.74) is 7.50. The Morgan fingerprint density at radius 2 is 2.20 bits per heavy atom. The average Bonchev–Trinajstić information content (AvgIpc) is 3.00. The highest BCUT2D eigenvalue weighted by molar-refractivity contribution is 5.36. The molecule has 0 aliphatic carbocycles. The van der Waals surface area contributed by atoms with Crippen LogP contribution in [-0.2, 0) is 11.2 Å². The summed E-state index contributed by atoms with van der Waals surface area (Å²) in [5, 5.41) is 0. The van der Waals surface area contributed by atoms with E-state index >= 15 is 0 Å². The first kappa shape index (κ1) is 13.9. The molecule has 1 aromatic carbocycles. The van der Waals surface area contributed by atoms with Gasteiger partial charge in [-0.15, -0.1) is 0 Å². The van der Waals surface area contributed by atoms with Crippen LogP contribution in [0.4, 0.5) is 0 Å². The summed E-state index contributed by atoms with van der Waals surface area (Å²) >= 11 is 0. The van der Waals surface area contributed by atoms with Crippen molar-refractivity contribution in [3.63, 3.8) is 0 Å². The van der Waals surface area contributed by atoms with Gasteiger partial charge in [0.1, 0.15) is 5.75 Å². The van der Waals surface area contributed by atoms with Crippen molar-refractivity contribution in [2.75, 3.05) is 19.8 Å². The fourth-order valence-electron chi connectivity index (χ4n) is 3.45. The molecule has 110 valence electrons. The molecule has 0 aromatic heterocycles. The van der Waals surface area contributed by atoms with Crippen LogP contribution in [0.5, 0.6) is 5.75 Å². The lowest BCUT2D eigenvalue weighted by Gasteiger charge is -2.37. The van der Waals surface area contributed by atoms with Crippen LogP contribution in [0.3, 0.4) is 0 Å². The van der Waals surface area contributed by atoms with Crippen LogP contribution < -0.4 is 10.5 Å². The van der Waals surface area contributed by atoms with Crippen molar-refractivity contribution in [2.24, 2.45) is 11.1 Å². The fourth-order valence-corrected chi connectivity index (χ4v) is 3.45. The molecule has 2 atom stereocenters. The number of ether oxygens (including phenoxy) is 2. The molecule has 1 aromatic rings. The first-order valence-corrected chi connectivity index (χ1v) is 7.84. The lowest BCUT2D eigenvalue weighted by atomic mass is 9.76. The monoisotopic (exact) mass is 275 g/mol. The van der Waals surface area contributed by atoms with E-state index in [1.807, 2.05) is 6.07 Å². The summed E-state index contributed by atoms with van der Waals surface area (Å²) in [6.07, 6.45) is 7.49. The van der Waals surface area contributed by atoms with Crippen LogP contribution in [-0.4, -0.2) is 25.9 Å². The molecule has 0 saturated carbocycles. The predicted octanol–water partition coefficient (Wildman–Crippen LogP) is 2.92. The number of nitrogens with two attached hydrogens (primary N) is 1. The molecule has 1 saturated heterocycles. The van der Waals surface area contributed by atoms with Crippen molar-refractivity contribution in [1.82, 2.24) is 0 Å². The zero-order valence-electron chi connectivity index (χ0n) is 12.1. The summed E-state index contributed by atoms with van der Waals surface area (Å²) in [6.45, 7) is 2.40. The number of hydrogen-bond acceptors (Lipinski definition) is 3. The highest BCUT2D eigenvalue weighted by Crippen LogP contribution is 2.37. The second-order valence-electron chi connectivity index (χ2n) is 6.30. The van der Waals surface area contributed by atoms with E-state index in [4.69, 9.17) is 15.2 Å². The van der Waals surface area contributed by atoms with E-state index in [1.165, 1.54) is 31.2 Å². The number of rotatable bonds is 5. The van der Waals surface area contributed by atoms with Crippen LogP contribution >= 0.6 is 0 Å². The molecule has 3 heteroatoms. The molecule has 0 radical (unpaired) electrons. The lowest BCUT2D eigenvalue weighted by Crippen LogP contribution is -2.41. The third kappa shape index (κ3) is 2.99. The summed E-state index contributed by atoms with van der Waals surface area (Å²) in [6, 6.07) is 8.34. The van der Waals surface area contributed by atoms with E-state index in [1.54, 1.807) is 0 Å². The van der Waals surface area contributed by atoms with Gasteiger partial charge in [-0.1, -0.05) is 24.6 Å². The summed E-state index contributed by atoms with van der Waals surface area (Å²) < 4.78 is 11.6. The molecule has 2 N–H and O–H groups in total. The van der Waals surface area contributed by atoms with Crippen LogP contribution in [0.25, 0.3) is 0 Å². The normalized spacial score (nSPS) is 28.9. The lowest BCUT2D eigenvalue weighted by molar-refractivity contribution is 0.0841. The Balaban J connectivity index is 1.58. The Morgan fingerprint density at radius 3 is 3.00 bits per heavy atom. The second-order valence-corrected chi connectivity index (χ2v) is 6.30. The first-order valence-electron chi connectivity index (χ1n) is 7.84. The standard InChI is InChI=1S/C17H25NO2/c18-12-17(9-3-6-15-7-4-10-19-15)11-14-5-1-2-8-16(14)20-13-17/h1-2,5,8,15H,3-4,6-7,9-13,18H2. The topological polar surface area (TPSA) is 44.5 Å². The van der Waals surface area contributed by atoms with E-state index < -0.39 is 0 Å². The van der Waals surface area contributed by atoms with Crippen LogP contribution in [0.1, 0.15) is 37.7 Å². The Kier molecular flexibility index (Phi) is 4.27. The third-order valence-electron chi connectivity index (χ3n) is 4.76. The molecule has 2 unspecified atom stereocenters. The number of hydrogen-bond donors (Lipinski definition) is 1. The van der Waals surface area contributed by atoms with Crippen molar-refractivity contribution >= 4 is 0 Å². The fraction of sp³-hybridized carbons (Fsp3) is 0.647. The predicted molar refractivity (Wildman–Crippen MR) is 80.0 cm³/mol. The summed E-state index contributed by atoms with van der Waals surface area (Å²) in [7, 11) is 0. The molecule has 2 heterocycles. The maximum atomic E-state index is 6.08. The smallest absolute Gasteiger partial charge is 0.122 e. The largest absolute Gasteiger partial charge is 0.493 e. The minimum Gasteiger partial charge on any atom is -0.493 e. The number of fused-ring (bicyclic) bond motifs is 1. The van der Waals surface area contributed by atoms with Gasteiger partial charge in [0, 0.05) is 18.6 Å². The molecule has 1 fully saturated rings. The molecule has 2 aliphatic rings. The number of benzene rings is 1. The van der Waals surface area contributed by atoms with Crippen molar-refractivity contribution in [1.29, 1.82) is 0 Å². The van der Waals surface area contributed by atoms with Crippen LogP contribution in [0, 0.1) is 5.41 Å². The van der Waals surface area contributed by atoms with Gasteiger partial charge in [0.05, 0.1) is 12.7 Å².